The first-order valence-corrected chi connectivity index (χ1v) is 8.08. The van der Waals surface area contributed by atoms with Crippen molar-refractivity contribution < 1.29 is 9.59 Å². The van der Waals surface area contributed by atoms with E-state index in [2.05, 4.69) is 31.4 Å². The standard InChI is InChI=1S/C17H23N3O2S/c1-11-9-17(3,4)19-16(23)20(11)10-15(22)18-14-7-5-6-13(8-14)12(2)21/h5-8,11H,9-10H2,1-4H3,(H,18,22)(H,19,23)/t11-/m0/s1. The summed E-state index contributed by atoms with van der Waals surface area (Å²) in [4.78, 5) is 25.6. The van der Waals surface area contributed by atoms with Crippen LogP contribution in [-0.2, 0) is 4.79 Å². The van der Waals surface area contributed by atoms with Crippen molar-refractivity contribution in [2.75, 3.05) is 11.9 Å². The molecule has 1 fully saturated rings. The maximum atomic E-state index is 12.3. The second-order valence-electron chi connectivity index (χ2n) is 6.68. The van der Waals surface area contributed by atoms with E-state index < -0.39 is 0 Å². The Morgan fingerprint density at radius 3 is 2.74 bits per heavy atom. The normalized spacial score (nSPS) is 19.9. The van der Waals surface area contributed by atoms with Crippen LogP contribution in [-0.4, -0.2) is 39.8 Å². The second-order valence-corrected chi connectivity index (χ2v) is 7.07. The number of ketones is 1. The molecule has 23 heavy (non-hydrogen) atoms. The summed E-state index contributed by atoms with van der Waals surface area (Å²) in [6.45, 7) is 7.95. The van der Waals surface area contributed by atoms with Gasteiger partial charge in [0, 0.05) is 22.8 Å². The molecule has 0 radical (unpaired) electrons. The number of hydrogen-bond donors (Lipinski definition) is 2. The summed E-state index contributed by atoms with van der Waals surface area (Å²) in [5.41, 5.74) is 1.14. The number of carbonyl (C=O) groups is 2. The van der Waals surface area contributed by atoms with Crippen LogP contribution in [0.2, 0.25) is 0 Å². The molecule has 1 aliphatic heterocycles. The van der Waals surface area contributed by atoms with Gasteiger partial charge in [-0.05, 0) is 58.5 Å². The van der Waals surface area contributed by atoms with Crippen LogP contribution >= 0.6 is 12.2 Å². The molecule has 0 bridgehead atoms. The monoisotopic (exact) mass is 333 g/mol. The molecule has 0 saturated carbocycles. The fourth-order valence-electron chi connectivity index (χ4n) is 2.86. The third-order valence-corrected chi connectivity index (χ3v) is 4.25. The summed E-state index contributed by atoms with van der Waals surface area (Å²) in [5.74, 6) is -0.181. The summed E-state index contributed by atoms with van der Waals surface area (Å²) in [7, 11) is 0. The molecule has 124 valence electrons. The van der Waals surface area contributed by atoms with Gasteiger partial charge in [-0.1, -0.05) is 12.1 Å². The van der Waals surface area contributed by atoms with E-state index in [0.717, 1.165) is 6.42 Å². The number of nitrogens with one attached hydrogen (secondary N) is 2. The molecule has 1 aliphatic rings. The largest absolute Gasteiger partial charge is 0.358 e. The Morgan fingerprint density at radius 1 is 1.43 bits per heavy atom. The average Bonchev–Trinajstić information content (AvgIpc) is 2.42. The van der Waals surface area contributed by atoms with E-state index in [1.807, 2.05) is 4.90 Å². The van der Waals surface area contributed by atoms with Gasteiger partial charge in [0.25, 0.3) is 0 Å². The first-order chi connectivity index (χ1) is 10.7. The number of thiocarbonyl (C=S) groups is 1. The van der Waals surface area contributed by atoms with Gasteiger partial charge in [-0.3, -0.25) is 9.59 Å². The number of benzene rings is 1. The van der Waals surface area contributed by atoms with Crippen LogP contribution in [0.4, 0.5) is 5.69 Å². The number of nitrogens with zero attached hydrogens (tertiary/aromatic N) is 1. The minimum absolute atomic E-state index is 0.0293. The van der Waals surface area contributed by atoms with Crippen molar-refractivity contribution in [1.29, 1.82) is 0 Å². The van der Waals surface area contributed by atoms with Crippen molar-refractivity contribution in [3.63, 3.8) is 0 Å². The highest BCUT2D eigenvalue weighted by Gasteiger charge is 2.33. The minimum Gasteiger partial charge on any atom is -0.358 e. The molecule has 2 rings (SSSR count). The highest BCUT2D eigenvalue weighted by molar-refractivity contribution is 7.80. The zero-order chi connectivity index (χ0) is 17.2. The van der Waals surface area contributed by atoms with E-state index >= 15 is 0 Å². The predicted octanol–water partition coefficient (Wildman–Crippen LogP) is 2.58. The molecule has 1 saturated heterocycles. The van der Waals surface area contributed by atoms with Gasteiger partial charge in [0.2, 0.25) is 5.91 Å². The fourth-order valence-corrected chi connectivity index (χ4v) is 3.38. The second kappa shape index (κ2) is 6.66. The van der Waals surface area contributed by atoms with Gasteiger partial charge in [0.15, 0.2) is 10.9 Å². The molecule has 2 N–H and O–H groups in total. The van der Waals surface area contributed by atoms with Crippen molar-refractivity contribution in [1.82, 2.24) is 10.2 Å². The zero-order valence-corrected chi connectivity index (χ0v) is 14.8. The summed E-state index contributed by atoms with van der Waals surface area (Å²) in [6, 6.07) is 7.12. The molecule has 1 heterocycles. The first kappa shape index (κ1) is 17.4. The molecule has 1 atom stereocenters. The number of carbonyl (C=O) groups excluding carboxylic acids is 2. The molecule has 0 spiro atoms. The Bertz CT molecular complexity index is 642. The lowest BCUT2D eigenvalue weighted by molar-refractivity contribution is -0.117. The zero-order valence-electron chi connectivity index (χ0n) is 14.0. The van der Waals surface area contributed by atoms with Crippen LogP contribution in [0, 0.1) is 0 Å². The fraction of sp³-hybridized carbons (Fsp3) is 0.471. The molecule has 6 heteroatoms. The Hall–Kier alpha value is -1.95. The molecule has 1 amide bonds. The highest BCUT2D eigenvalue weighted by atomic mass is 32.1. The Labute approximate surface area is 142 Å². The van der Waals surface area contributed by atoms with Gasteiger partial charge >= 0.3 is 0 Å². The third-order valence-electron chi connectivity index (χ3n) is 3.91. The summed E-state index contributed by atoms with van der Waals surface area (Å²) >= 11 is 5.38. The molecule has 0 aromatic heterocycles. The highest BCUT2D eigenvalue weighted by Crippen LogP contribution is 2.22. The lowest BCUT2D eigenvalue weighted by Gasteiger charge is -2.44. The number of rotatable bonds is 4. The summed E-state index contributed by atoms with van der Waals surface area (Å²) in [5, 5.41) is 6.69. The Balaban J connectivity index is 2.01. The van der Waals surface area contributed by atoms with Crippen molar-refractivity contribution in [2.45, 2.75) is 45.7 Å². The van der Waals surface area contributed by atoms with Gasteiger partial charge in [0.05, 0.1) is 6.54 Å². The molecule has 0 unspecified atom stereocenters. The van der Waals surface area contributed by atoms with E-state index in [1.165, 1.54) is 6.92 Å². The molecule has 1 aromatic rings. The summed E-state index contributed by atoms with van der Waals surface area (Å²) < 4.78 is 0. The number of hydrogen-bond acceptors (Lipinski definition) is 3. The van der Waals surface area contributed by atoms with E-state index in [0.29, 0.717) is 16.4 Å². The van der Waals surface area contributed by atoms with E-state index in [1.54, 1.807) is 24.3 Å². The first-order valence-electron chi connectivity index (χ1n) is 7.67. The quantitative estimate of drug-likeness (QED) is 0.655. The maximum Gasteiger partial charge on any atom is 0.243 e. The smallest absolute Gasteiger partial charge is 0.243 e. The van der Waals surface area contributed by atoms with Crippen LogP contribution in [0.15, 0.2) is 24.3 Å². The van der Waals surface area contributed by atoms with Crippen LogP contribution in [0.25, 0.3) is 0 Å². The third kappa shape index (κ3) is 4.51. The van der Waals surface area contributed by atoms with Crippen LogP contribution in [0.1, 0.15) is 44.5 Å². The van der Waals surface area contributed by atoms with Crippen molar-refractivity contribution in [2.24, 2.45) is 0 Å². The molecular formula is C17H23N3O2S. The van der Waals surface area contributed by atoms with Gasteiger partial charge in [-0.2, -0.15) is 0 Å². The maximum absolute atomic E-state index is 12.3. The number of amides is 1. The van der Waals surface area contributed by atoms with Crippen LogP contribution in [0.3, 0.4) is 0 Å². The van der Waals surface area contributed by atoms with E-state index in [9.17, 15) is 9.59 Å². The number of anilines is 1. The predicted molar refractivity (Wildman–Crippen MR) is 95.7 cm³/mol. The van der Waals surface area contributed by atoms with E-state index in [-0.39, 0.29) is 29.8 Å². The number of Topliss-reactive ketones (excluding diaryl/α,β-unsaturated/α-hetero) is 1. The van der Waals surface area contributed by atoms with Crippen LogP contribution in [0.5, 0.6) is 0 Å². The topological polar surface area (TPSA) is 61.4 Å². The van der Waals surface area contributed by atoms with Gasteiger partial charge in [-0.15, -0.1) is 0 Å². The lowest BCUT2D eigenvalue weighted by Crippen LogP contribution is -2.61. The van der Waals surface area contributed by atoms with Gasteiger partial charge in [0.1, 0.15) is 0 Å². The van der Waals surface area contributed by atoms with Gasteiger partial charge < -0.3 is 15.5 Å². The van der Waals surface area contributed by atoms with Crippen molar-refractivity contribution in [3.8, 4) is 0 Å². The van der Waals surface area contributed by atoms with Crippen molar-refractivity contribution >= 4 is 34.7 Å². The van der Waals surface area contributed by atoms with Crippen LogP contribution < -0.4 is 10.6 Å². The van der Waals surface area contributed by atoms with Gasteiger partial charge in [-0.25, -0.2) is 0 Å². The van der Waals surface area contributed by atoms with Crippen molar-refractivity contribution in [3.05, 3.63) is 29.8 Å². The SMILES string of the molecule is CC(=O)c1cccc(NC(=O)CN2C(=S)NC(C)(C)C[C@@H]2C)c1. The Kier molecular flexibility index (Phi) is 5.04. The Morgan fingerprint density at radius 2 is 2.13 bits per heavy atom. The lowest BCUT2D eigenvalue weighted by atomic mass is 9.93. The molecular weight excluding hydrogens is 310 g/mol. The summed E-state index contributed by atoms with van der Waals surface area (Å²) in [6.07, 6.45) is 0.903. The molecule has 5 nitrogen and oxygen atoms in total. The molecule has 1 aromatic carbocycles. The minimum atomic E-state index is -0.151. The van der Waals surface area contributed by atoms with E-state index in [4.69, 9.17) is 12.2 Å². The average molecular weight is 333 g/mol. The molecule has 0 aliphatic carbocycles.